The summed E-state index contributed by atoms with van der Waals surface area (Å²) in [4.78, 5) is 43.5. The first kappa shape index (κ1) is 18.1. The lowest BCUT2D eigenvalue weighted by Crippen LogP contribution is -2.54. The van der Waals surface area contributed by atoms with Crippen molar-refractivity contribution < 1.29 is 14.4 Å². The van der Waals surface area contributed by atoms with Gasteiger partial charge in [-0.1, -0.05) is 24.3 Å². The fourth-order valence-corrected chi connectivity index (χ4v) is 2.54. The average molecular weight is 362 g/mol. The van der Waals surface area contributed by atoms with Crippen molar-refractivity contribution in [1.29, 1.82) is 0 Å². The Labute approximate surface area is 156 Å². The van der Waals surface area contributed by atoms with Crippen LogP contribution in [0.15, 0.2) is 66.5 Å². The van der Waals surface area contributed by atoms with E-state index in [1.807, 2.05) is 43.3 Å². The molecular weight excluding hydrogens is 344 g/mol. The number of amides is 4. The van der Waals surface area contributed by atoms with Crippen molar-refractivity contribution in [3.05, 3.63) is 72.1 Å². The highest BCUT2D eigenvalue weighted by Gasteiger charge is 2.36. The summed E-state index contributed by atoms with van der Waals surface area (Å²) in [5.41, 5.74) is 2.21. The minimum absolute atomic E-state index is 0.118. The number of urea groups is 1. The molecule has 0 spiro atoms. The van der Waals surface area contributed by atoms with Crippen molar-refractivity contribution in [1.82, 2.24) is 10.3 Å². The van der Waals surface area contributed by atoms with Crippen molar-refractivity contribution in [3.8, 4) is 0 Å². The number of pyridine rings is 1. The number of hydrogen-bond donors (Lipinski definition) is 1. The second-order valence-corrected chi connectivity index (χ2v) is 6.03. The molecule has 0 atom stereocenters. The Kier molecular flexibility index (Phi) is 5.12. The molecule has 1 aliphatic rings. The predicted molar refractivity (Wildman–Crippen MR) is 103 cm³/mol. The fourth-order valence-electron chi connectivity index (χ4n) is 2.54. The standard InChI is InChI=1S/C20H18N4O3/c1-23(2)15-8-6-14(7-9-15)4-3-5-17-18(25)22-20(27)24(19(17)26)16-10-12-21-13-11-16/h3-13H,1-2H3,(H,22,25,27)/b4-3+,17-5+. The maximum atomic E-state index is 12.6. The molecule has 0 bridgehead atoms. The van der Waals surface area contributed by atoms with Crippen LogP contribution in [0.5, 0.6) is 0 Å². The smallest absolute Gasteiger partial charge is 0.335 e. The Morgan fingerprint density at radius 3 is 2.30 bits per heavy atom. The molecule has 2 aromatic rings. The van der Waals surface area contributed by atoms with Gasteiger partial charge in [0, 0.05) is 32.2 Å². The van der Waals surface area contributed by atoms with Gasteiger partial charge < -0.3 is 4.90 Å². The van der Waals surface area contributed by atoms with Crippen LogP contribution in [0.1, 0.15) is 5.56 Å². The van der Waals surface area contributed by atoms with Crippen molar-refractivity contribution >= 4 is 35.3 Å². The van der Waals surface area contributed by atoms with Crippen LogP contribution in [0.2, 0.25) is 0 Å². The molecule has 3 rings (SSSR count). The molecule has 1 aromatic carbocycles. The zero-order chi connectivity index (χ0) is 19.4. The summed E-state index contributed by atoms with van der Waals surface area (Å²) >= 11 is 0. The first-order valence-electron chi connectivity index (χ1n) is 8.23. The minimum Gasteiger partial charge on any atom is -0.378 e. The number of benzene rings is 1. The summed E-state index contributed by atoms with van der Waals surface area (Å²) in [5.74, 6) is -1.40. The number of imide groups is 2. The van der Waals surface area contributed by atoms with Crippen LogP contribution in [0.4, 0.5) is 16.2 Å². The van der Waals surface area contributed by atoms with E-state index in [1.165, 1.54) is 30.6 Å². The van der Waals surface area contributed by atoms with Gasteiger partial charge in [-0.25, -0.2) is 9.69 Å². The molecule has 1 saturated heterocycles. The molecule has 2 heterocycles. The van der Waals surface area contributed by atoms with Gasteiger partial charge in [0.25, 0.3) is 11.8 Å². The van der Waals surface area contributed by atoms with Gasteiger partial charge in [0.2, 0.25) is 0 Å². The Balaban J connectivity index is 1.82. The lowest BCUT2D eigenvalue weighted by molar-refractivity contribution is -0.122. The topological polar surface area (TPSA) is 82.6 Å². The summed E-state index contributed by atoms with van der Waals surface area (Å²) < 4.78 is 0. The van der Waals surface area contributed by atoms with Gasteiger partial charge in [0.15, 0.2) is 0 Å². The Bertz CT molecular complexity index is 931. The van der Waals surface area contributed by atoms with Crippen molar-refractivity contribution in [2.45, 2.75) is 0 Å². The molecule has 0 aliphatic carbocycles. The molecule has 1 aromatic heterocycles. The molecule has 0 saturated carbocycles. The molecule has 0 radical (unpaired) electrons. The fraction of sp³-hybridized carbons (Fsp3) is 0.100. The van der Waals surface area contributed by atoms with Crippen LogP contribution in [0.25, 0.3) is 6.08 Å². The molecule has 4 amide bonds. The number of aromatic nitrogens is 1. The molecule has 27 heavy (non-hydrogen) atoms. The molecule has 1 aliphatic heterocycles. The highest BCUT2D eigenvalue weighted by molar-refractivity contribution is 6.37. The number of carbonyl (C=O) groups is 3. The van der Waals surface area contributed by atoms with E-state index in [2.05, 4.69) is 10.3 Å². The number of allylic oxidation sites excluding steroid dienone is 2. The molecule has 7 nitrogen and oxygen atoms in total. The molecule has 1 fully saturated rings. The first-order valence-corrected chi connectivity index (χ1v) is 8.23. The number of rotatable bonds is 4. The van der Waals surface area contributed by atoms with Gasteiger partial charge in [0.05, 0.1) is 5.69 Å². The van der Waals surface area contributed by atoms with E-state index < -0.39 is 17.8 Å². The summed E-state index contributed by atoms with van der Waals surface area (Å²) in [6.45, 7) is 0. The van der Waals surface area contributed by atoms with Crippen molar-refractivity contribution in [2.75, 3.05) is 23.9 Å². The highest BCUT2D eigenvalue weighted by Crippen LogP contribution is 2.19. The van der Waals surface area contributed by atoms with Crippen molar-refractivity contribution in [2.24, 2.45) is 0 Å². The van der Waals surface area contributed by atoms with E-state index in [1.54, 1.807) is 12.2 Å². The number of barbiturate groups is 1. The maximum absolute atomic E-state index is 12.6. The second-order valence-electron chi connectivity index (χ2n) is 6.03. The summed E-state index contributed by atoms with van der Waals surface area (Å²) in [5, 5.41) is 2.18. The zero-order valence-electron chi connectivity index (χ0n) is 14.9. The van der Waals surface area contributed by atoms with E-state index in [0.29, 0.717) is 5.69 Å². The van der Waals surface area contributed by atoms with Gasteiger partial charge in [-0.05, 0) is 35.9 Å². The van der Waals surface area contributed by atoms with E-state index in [9.17, 15) is 14.4 Å². The third-order valence-corrected chi connectivity index (χ3v) is 3.98. The van der Waals surface area contributed by atoms with Gasteiger partial charge in [-0.15, -0.1) is 0 Å². The average Bonchev–Trinajstić information content (AvgIpc) is 2.65. The lowest BCUT2D eigenvalue weighted by atomic mass is 10.1. The molecular formula is C20H18N4O3. The van der Waals surface area contributed by atoms with Crippen LogP contribution in [0.3, 0.4) is 0 Å². The third-order valence-electron chi connectivity index (χ3n) is 3.98. The monoisotopic (exact) mass is 362 g/mol. The quantitative estimate of drug-likeness (QED) is 0.667. The van der Waals surface area contributed by atoms with Crippen LogP contribution in [-0.2, 0) is 9.59 Å². The number of carbonyl (C=O) groups excluding carboxylic acids is 3. The van der Waals surface area contributed by atoms with Gasteiger partial charge >= 0.3 is 6.03 Å². The summed E-state index contributed by atoms with van der Waals surface area (Å²) in [6.07, 6.45) is 7.72. The zero-order valence-corrected chi connectivity index (χ0v) is 14.9. The Hall–Kier alpha value is -3.74. The number of nitrogens with one attached hydrogen (secondary N) is 1. The SMILES string of the molecule is CN(C)c1ccc(/C=C/C=C2\C(=O)NC(=O)N(c3ccncc3)C2=O)cc1. The largest absolute Gasteiger partial charge is 0.378 e. The Morgan fingerprint density at radius 1 is 1.00 bits per heavy atom. The predicted octanol–water partition coefficient (Wildman–Crippen LogP) is 2.37. The number of nitrogens with zero attached hydrogens (tertiary/aromatic N) is 3. The van der Waals surface area contributed by atoms with Crippen LogP contribution in [-0.4, -0.2) is 36.9 Å². The van der Waals surface area contributed by atoms with E-state index in [0.717, 1.165) is 16.2 Å². The van der Waals surface area contributed by atoms with Crippen LogP contribution < -0.4 is 15.1 Å². The van der Waals surface area contributed by atoms with Crippen molar-refractivity contribution in [3.63, 3.8) is 0 Å². The highest BCUT2D eigenvalue weighted by atomic mass is 16.2. The van der Waals surface area contributed by atoms with Crippen LogP contribution in [0, 0.1) is 0 Å². The summed E-state index contributed by atoms with van der Waals surface area (Å²) in [7, 11) is 3.91. The summed E-state index contributed by atoms with van der Waals surface area (Å²) in [6, 6.07) is 10.1. The maximum Gasteiger partial charge on any atom is 0.335 e. The molecule has 136 valence electrons. The normalized spacial score (nSPS) is 16.1. The van der Waals surface area contributed by atoms with Gasteiger partial charge in [-0.2, -0.15) is 0 Å². The molecule has 0 unspecified atom stereocenters. The molecule has 1 N–H and O–H groups in total. The van der Waals surface area contributed by atoms with E-state index in [-0.39, 0.29) is 5.57 Å². The van der Waals surface area contributed by atoms with Gasteiger partial charge in [-0.3, -0.25) is 19.9 Å². The third kappa shape index (κ3) is 3.92. The number of anilines is 2. The Morgan fingerprint density at radius 2 is 1.67 bits per heavy atom. The van der Waals surface area contributed by atoms with Crippen LogP contribution >= 0.6 is 0 Å². The molecule has 7 heteroatoms. The van der Waals surface area contributed by atoms with E-state index in [4.69, 9.17) is 0 Å². The first-order chi connectivity index (χ1) is 13.0. The minimum atomic E-state index is -0.781. The number of hydrogen-bond acceptors (Lipinski definition) is 5. The van der Waals surface area contributed by atoms with Gasteiger partial charge in [0.1, 0.15) is 5.57 Å². The van der Waals surface area contributed by atoms with E-state index >= 15 is 0 Å². The lowest BCUT2D eigenvalue weighted by Gasteiger charge is -2.25. The second kappa shape index (κ2) is 7.65.